The van der Waals surface area contributed by atoms with E-state index < -0.39 is 5.91 Å². The van der Waals surface area contributed by atoms with Crippen LogP contribution in [0.1, 0.15) is 38.4 Å². The number of aromatic nitrogens is 3. The quantitative estimate of drug-likeness (QED) is 0.453. The molecule has 5 rings (SSSR count). The van der Waals surface area contributed by atoms with Crippen LogP contribution >= 0.6 is 0 Å². The fourth-order valence-electron chi connectivity index (χ4n) is 4.06. The summed E-state index contributed by atoms with van der Waals surface area (Å²) in [5.41, 5.74) is 6.30. The summed E-state index contributed by atoms with van der Waals surface area (Å²) in [5, 5.41) is 11.3. The van der Waals surface area contributed by atoms with Gasteiger partial charge in [-0.2, -0.15) is 0 Å². The van der Waals surface area contributed by atoms with Crippen molar-refractivity contribution in [1.29, 1.82) is 0 Å². The first kappa shape index (κ1) is 23.5. The molecule has 7 nitrogen and oxygen atoms in total. The van der Waals surface area contributed by atoms with E-state index >= 15 is 0 Å². The number of benzene rings is 1. The highest BCUT2D eigenvalue weighted by atomic mass is 19.1. The van der Waals surface area contributed by atoms with Crippen LogP contribution in [-0.4, -0.2) is 44.4 Å². The number of ether oxygens (including phenoxy) is 1. The van der Waals surface area contributed by atoms with E-state index in [4.69, 9.17) is 4.74 Å². The summed E-state index contributed by atoms with van der Waals surface area (Å²) >= 11 is 0. The maximum absolute atomic E-state index is 13.2. The number of hydrogen-bond acceptors (Lipinski definition) is 5. The standard InChI is InChI=1S/C19H18FN3O3.C7H9N/c1-26-11-13-10-22(9-12-2-4-14(20)5-3-12)16-8-21-18-15(17(13)16)6-7-23(25)19(18)24;1-6-4-3-5-8-7(6)2/h2-5,8,10,25H,6-7,9,11H2,1H3;3-5H,1-2H3. The highest BCUT2D eigenvalue weighted by Gasteiger charge is 2.28. The summed E-state index contributed by atoms with van der Waals surface area (Å²) in [7, 11) is 1.62. The van der Waals surface area contributed by atoms with Crippen LogP contribution in [0, 0.1) is 19.7 Å². The normalized spacial score (nSPS) is 13.0. The maximum Gasteiger partial charge on any atom is 0.296 e. The first-order chi connectivity index (χ1) is 16.4. The first-order valence-electron chi connectivity index (χ1n) is 11.0. The highest BCUT2D eigenvalue weighted by molar-refractivity contribution is 6.00. The molecule has 0 fully saturated rings. The molecule has 3 aromatic heterocycles. The Morgan fingerprint density at radius 1 is 1.15 bits per heavy atom. The van der Waals surface area contributed by atoms with Gasteiger partial charge in [-0.25, -0.2) is 14.4 Å². The molecule has 1 N–H and O–H groups in total. The molecule has 0 spiro atoms. The molecule has 34 heavy (non-hydrogen) atoms. The van der Waals surface area contributed by atoms with Gasteiger partial charge in [-0.15, -0.1) is 0 Å². The zero-order valence-corrected chi connectivity index (χ0v) is 19.5. The number of rotatable bonds is 4. The number of fused-ring (bicyclic) bond motifs is 3. The molecule has 0 unspecified atom stereocenters. The third-order valence-electron chi connectivity index (χ3n) is 5.95. The van der Waals surface area contributed by atoms with Gasteiger partial charge in [-0.1, -0.05) is 18.2 Å². The Morgan fingerprint density at radius 3 is 2.56 bits per heavy atom. The molecular formula is C26H27FN4O3. The van der Waals surface area contributed by atoms with Crippen molar-refractivity contribution >= 4 is 16.8 Å². The third kappa shape index (κ3) is 4.83. The molecule has 0 saturated carbocycles. The Balaban J connectivity index is 0.000000291. The number of hydrogen-bond donors (Lipinski definition) is 1. The molecule has 8 heteroatoms. The van der Waals surface area contributed by atoms with Gasteiger partial charge in [0.1, 0.15) is 11.5 Å². The molecule has 4 aromatic rings. The van der Waals surface area contributed by atoms with Crippen molar-refractivity contribution in [3.8, 4) is 0 Å². The Morgan fingerprint density at radius 2 is 1.91 bits per heavy atom. The van der Waals surface area contributed by atoms with Crippen LogP contribution in [0.5, 0.6) is 0 Å². The number of halogens is 1. The summed E-state index contributed by atoms with van der Waals surface area (Å²) in [6.45, 7) is 5.27. The fraction of sp³-hybridized carbons (Fsp3) is 0.269. The van der Waals surface area contributed by atoms with E-state index in [1.165, 1.54) is 17.7 Å². The molecule has 0 atom stereocenters. The van der Waals surface area contributed by atoms with Crippen LogP contribution in [0.25, 0.3) is 10.9 Å². The summed E-state index contributed by atoms with van der Waals surface area (Å²) in [6, 6.07) is 10.4. The Hall–Kier alpha value is -3.62. The molecule has 1 amide bonds. The van der Waals surface area contributed by atoms with Crippen LogP contribution in [-0.2, 0) is 24.3 Å². The number of carbonyl (C=O) groups is 1. The second-order valence-electron chi connectivity index (χ2n) is 8.27. The third-order valence-corrected chi connectivity index (χ3v) is 5.95. The summed E-state index contributed by atoms with van der Waals surface area (Å²) in [6.07, 6.45) is 5.96. The van der Waals surface area contributed by atoms with E-state index in [9.17, 15) is 14.4 Å². The average Bonchev–Trinajstić information content (AvgIpc) is 3.18. The summed E-state index contributed by atoms with van der Waals surface area (Å²) in [4.78, 5) is 20.6. The van der Waals surface area contributed by atoms with E-state index in [2.05, 4.69) is 23.0 Å². The minimum absolute atomic E-state index is 0.238. The molecule has 0 radical (unpaired) electrons. The van der Waals surface area contributed by atoms with Gasteiger partial charge in [0.05, 0.1) is 24.9 Å². The van der Waals surface area contributed by atoms with E-state index in [-0.39, 0.29) is 18.1 Å². The minimum Gasteiger partial charge on any atom is -0.380 e. The van der Waals surface area contributed by atoms with Crippen molar-refractivity contribution < 1.29 is 19.1 Å². The van der Waals surface area contributed by atoms with Crippen molar-refractivity contribution in [3.05, 3.63) is 94.4 Å². The molecular weight excluding hydrogens is 435 g/mol. The van der Waals surface area contributed by atoms with Gasteiger partial charge in [-0.3, -0.25) is 15.0 Å². The van der Waals surface area contributed by atoms with Gasteiger partial charge in [-0.05, 0) is 55.2 Å². The average molecular weight is 463 g/mol. The number of pyridine rings is 2. The van der Waals surface area contributed by atoms with Gasteiger partial charge in [0, 0.05) is 42.7 Å². The lowest BCUT2D eigenvalue weighted by Gasteiger charge is -2.22. The van der Waals surface area contributed by atoms with E-state index in [0.717, 1.165) is 33.3 Å². The SMILES string of the molecule is COCc1cn(Cc2ccc(F)cc2)c2cnc3c(c12)CCN(O)C3=O.Cc1cccnc1C. The molecule has 1 aromatic carbocycles. The molecule has 176 valence electrons. The van der Waals surface area contributed by atoms with Crippen LogP contribution < -0.4 is 0 Å². The topological polar surface area (TPSA) is 80.5 Å². The zero-order chi connectivity index (χ0) is 24.2. The fourth-order valence-corrected chi connectivity index (χ4v) is 4.06. The number of nitrogens with zero attached hydrogens (tertiary/aromatic N) is 4. The number of amides is 1. The Bertz CT molecular complexity index is 1300. The van der Waals surface area contributed by atoms with Gasteiger partial charge in [0.2, 0.25) is 0 Å². The van der Waals surface area contributed by atoms with E-state index in [1.807, 2.05) is 30.0 Å². The van der Waals surface area contributed by atoms with Gasteiger partial charge >= 0.3 is 0 Å². The predicted octanol–water partition coefficient (Wildman–Crippen LogP) is 4.46. The van der Waals surface area contributed by atoms with Crippen molar-refractivity contribution in [2.45, 2.75) is 33.4 Å². The number of carbonyl (C=O) groups excluding carboxylic acids is 1. The molecule has 0 saturated heterocycles. The van der Waals surface area contributed by atoms with Crippen molar-refractivity contribution in [3.63, 3.8) is 0 Å². The van der Waals surface area contributed by atoms with Crippen LogP contribution in [0.2, 0.25) is 0 Å². The summed E-state index contributed by atoms with van der Waals surface area (Å²) < 4.78 is 20.5. The van der Waals surface area contributed by atoms with Crippen LogP contribution in [0.3, 0.4) is 0 Å². The van der Waals surface area contributed by atoms with Crippen molar-refractivity contribution in [2.24, 2.45) is 0 Å². The second kappa shape index (κ2) is 10.1. The molecule has 1 aliphatic heterocycles. The monoisotopic (exact) mass is 462 g/mol. The van der Waals surface area contributed by atoms with Gasteiger partial charge in [0.25, 0.3) is 5.91 Å². The van der Waals surface area contributed by atoms with Crippen molar-refractivity contribution in [1.82, 2.24) is 19.6 Å². The lowest BCUT2D eigenvalue weighted by atomic mass is 9.99. The molecule has 0 aliphatic carbocycles. The smallest absolute Gasteiger partial charge is 0.296 e. The molecule has 0 bridgehead atoms. The second-order valence-corrected chi connectivity index (χ2v) is 8.27. The minimum atomic E-state index is -0.484. The van der Waals surface area contributed by atoms with Gasteiger partial charge < -0.3 is 9.30 Å². The number of aryl methyl sites for hydroxylation is 2. The number of methoxy groups -OCH3 is 1. The highest BCUT2D eigenvalue weighted by Crippen LogP contribution is 2.30. The number of hydroxylamine groups is 2. The first-order valence-corrected chi connectivity index (χ1v) is 11.0. The lowest BCUT2D eigenvalue weighted by molar-refractivity contribution is -0.0606. The predicted molar refractivity (Wildman–Crippen MR) is 126 cm³/mol. The molecule has 1 aliphatic rings. The largest absolute Gasteiger partial charge is 0.380 e. The Kier molecular flexibility index (Phi) is 7.00. The van der Waals surface area contributed by atoms with Crippen molar-refractivity contribution in [2.75, 3.05) is 13.7 Å². The van der Waals surface area contributed by atoms with E-state index in [0.29, 0.717) is 24.6 Å². The van der Waals surface area contributed by atoms with Crippen LogP contribution in [0.15, 0.2) is 55.0 Å². The van der Waals surface area contributed by atoms with Gasteiger partial charge in [0.15, 0.2) is 0 Å². The Labute approximate surface area is 197 Å². The lowest BCUT2D eigenvalue weighted by Crippen LogP contribution is -2.35. The maximum atomic E-state index is 13.2. The van der Waals surface area contributed by atoms with Crippen LogP contribution in [0.4, 0.5) is 4.39 Å². The summed E-state index contributed by atoms with van der Waals surface area (Å²) in [5.74, 6) is -0.753. The molecule has 4 heterocycles. The van der Waals surface area contributed by atoms with E-state index in [1.54, 1.807) is 25.4 Å². The zero-order valence-electron chi connectivity index (χ0n) is 19.5.